The highest BCUT2D eigenvalue weighted by atomic mass is 16.3. The van der Waals surface area contributed by atoms with Gasteiger partial charge >= 0.3 is 0 Å². The molecular formula is C18H30O. The van der Waals surface area contributed by atoms with E-state index in [4.69, 9.17) is 0 Å². The van der Waals surface area contributed by atoms with Crippen LogP contribution in [-0.2, 0) is 0 Å². The van der Waals surface area contributed by atoms with E-state index in [0.717, 1.165) is 18.4 Å². The van der Waals surface area contributed by atoms with Crippen molar-refractivity contribution in [1.82, 2.24) is 0 Å². The average molecular weight is 262 g/mol. The predicted molar refractivity (Wildman–Crippen MR) is 83.2 cm³/mol. The van der Waals surface area contributed by atoms with E-state index in [1.165, 1.54) is 51.4 Å². The van der Waals surface area contributed by atoms with Crippen molar-refractivity contribution in [2.75, 3.05) is 0 Å². The van der Waals surface area contributed by atoms with Crippen LogP contribution in [0.3, 0.4) is 0 Å². The van der Waals surface area contributed by atoms with Crippen molar-refractivity contribution in [3.8, 4) is 0 Å². The Morgan fingerprint density at radius 1 is 0.789 bits per heavy atom. The minimum Gasteiger partial charge on any atom is -0.388 e. The summed E-state index contributed by atoms with van der Waals surface area (Å²) in [5.41, 5.74) is 1.06. The summed E-state index contributed by atoms with van der Waals surface area (Å²) >= 11 is 0. The van der Waals surface area contributed by atoms with E-state index in [1.807, 2.05) is 30.3 Å². The molecule has 0 saturated heterocycles. The predicted octanol–water partition coefficient (Wildman–Crippen LogP) is 5.64. The molecule has 0 fully saturated rings. The van der Waals surface area contributed by atoms with Gasteiger partial charge in [0.1, 0.15) is 0 Å². The van der Waals surface area contributed by atoms with Crippen LogP contribution in [0.2, 0.25) is 0 Å². The number of aliphatic hydroxyl groups is 1. The minimum atomic E-state index is -0.272. The largest absolute Gasteiger partial charge is 0.388 e. The summed E-state index contributed by atoms with van der Waals surface area (Å²) in [4.78, 5) is 0. The standard InChI is InChI=1S/C18H30O/c1-2-3-4-5-6-7-8-9-13-16-18(19)17-14-11-10-12-15-17/h10-12,14-15,18-19H,2-9,13,16H2,1H3. The third-order valence-electron chi connectivity index (χ3n) is 3.77. The zero-order valence-electron chi connectivity index (χ0n) is 12.5. The maximum Gasteiger partial charge on any atom is 0.0790 e. The molecular weight excluding hydrogens is 232 g/mol. The Bertz CT molecular complexity index is 294. The first-order chi connectivity index (χ1) is 9.34. The Hall–Kier alpha value is -0.820. The molecule has 0 aliphatic carbocycles. The Balaban J connectivity index is 1.93. The van der Waals surface area contributed by atoms with Crippen LogP contribution >= 0.6 is 0 Å². The lowest BCUT2D eigenvalue weighted by Gasteiger charge is -2.10. The van der Waals surface area contributed by atoms with Gasteiger partial charge in [0.25, 0.3) is 0 Å². The molecule has 1 N–H and O–H groups in total. The third kappa shape index (κ3) is 8.05. The number of unbranched alkanes of at least 4 members (excludes halogenated alkanes) is 8. The van der Waals surface area contributed by atoms with Gasteiger partial charge in [-0.2, -0.15) is 0 Å². The molecule has 0 spiro atoms. The highest BCUT2D eigenvalue weighted by Crippen LogP contribution is 2.19. The van der Waals surface area contributed by atoms with Gasteiger partial charge in [0.05, 0.1) is 6.10 Å². The molecule has 1 aromatic carbocycles. The van der Waals surface area contributed by atoms with E-state index < -0.39 is 0 Å². The zero-order valence-corrected chi connectivity index (χ0v) is 12.5. The first-order valence-electron chi connectivity index (χ1n) is 8.07. The van der Waals surface area contributed by atoms with Crippen molar-refractivity contribution < 1.29 is 5.11 Å². The summed E-state index contributed by atoms with van der Waals surface area (Å²) in [6, 6.07) is 10.0. The molecule has 0 aliphatic heterocycles. The monoisotopic (exact) mass is 262 g/mol. The van der Waals surface area contributed by atoms with E-state index in [1.54, 1.807) is 0 Å². The summed E-state index contributed by atoms with van der Waals surface area (Å²) in [5, 5.41) is 10.0. The van der Waals surface area contributed by atoms with Gasteiger partial charge in [0, 0.05) is 0 Å². The highest BCUT2D eigenvalue weighted by Gasteiger charge is 2.05. The molecule has 0 aliphatic rings. The van der Waals surface area contributed by atoms with E-state index in [0.29, 0.717) is 0 Å². The molecule has 0 bridgehead atoms. The van der Waals surface area contributed by atoms with Gasteiger partial charge in [-0.05, 0) is 12.0 Å². The fraction of sp³-hybridized carbons (Fsp3) is 0.667. The van der Waals surface area contributed by atoms with Crippen molar-refractivity contribution in [3.63, 3.8) is 0 Å². The summed E-state index contributed by atoms with van der Waals surface area (Å²) in [5.74, 6) is 0. The number of benzene rings is 1. The van der Waals surface area contributed by atoms with Crippen molar-refractivity contribution >= 4 is 0 Å². The smallest absolute Gasteiger partial charge is 0.0790 e. The zero-order chi connectivity index (χ0) is 13.8. The van der Waals surface area contributed by atoms with Crippen molar-refractivity contribution in [1.29, 1.82) is 0 Å². The molecule has 0 aromatic heterocycles. The van der Waals surface area contributed by atoms with E-state index >= 15 is 0 Å². The molecule has 108 valence electrons. The van der Waals surface area contributed by atoms with Gasteiger partial charge in [0.2, 0.25) is 0 Å². The third-order valence-corrected chi connectivity index (χ3v) is 3.77. The van der Waals surface area contributed by atoms with Crippen LogP contribution < -0.4 is 0 Å². The van der Waals surface area contributed by atoms with Gasteiger partial charge in [-0.3, -0.25) is 0 Å². The maximum atomic E-state index is 10.0. The number of hydrogen-bond acceptors (Lipinski definition) is 1. The molecule has 1 unspecified atom stereocenters. The first-order valence-corrected chi connectivity index (χ1v) is 8.07. The van der Waals surface area contributed by atoms with Crippen LogP contribution in [0.5, 0.6) is 0 Å². The SMILES string of the molecule is CCCCCCCCCCCC(O)c1ccccc1. The summed E-state index contributed by atoms with van der Waals surface area (Å²) in [7, 11) is 0. The topological polar surface area (TPSA) is 20.2 Å². The molecule has 0 radical (unpaired) electrons. The van der Waals surface area contributed by atoms with E-state index in [-0.39, 0.29) is 6.10 Å². The minimum absolute atomic E-state index is 0.272. The van der Waals surface area contributed by atoms with Crippen LogP contribution in [0, 0.1) is 0 Å². The summed E-state index contributed by atoms with van der Waals surface area (Å²) in [6.45, 7) is 2.26. The number of hydrogen-bond donors (Lipinski definition) is 1. The van der Waals surface area contributed by atoms with Crippen molar-refractivity contribution in [2.24, 2.45) is 0 Å². The molecule has 0 amide bonds. The first kappa shape index (κ1) is 16.2. The van der Waals surface area contributed by atoms with Gasteiger partial charge in [0.15, 0.2) is 0 Å². The van der Waals surface area contributed by atoms with Crippen LogP contribution in [0.4, 0.5) is 0 Å². The molecule has 1 atom stereocenters. The number of rotatable bonds is 11. The van der Waals surface area contributed by atoms with E-state index in [2.05, 4.69) is 6.92 Å². The van der Waals surface area contributed by atoms with Crippen LogP contribution in [-0.4, -0.2) is 5.11 Å². The molecule has 1 rings (SSSR count). The molecule has 0 heterocycles. The highest BCUT2D eigenvalue weighted by molar-refractivity contribution is 5.16. The lowest BCUT2D eigenvalue weighted by molar-refractivity contribution is 0.163. The molecule has 1 aromatic rings. The Morgan fingerprint density at radius 3 is 1.89 bits per heavy atom. The Morgan fingerprint density at radius 2 is 1.32 bits per heavy atom. The van der Waals surface area contributed by atoms with E-state index in [9.17, 15) is 5.11 Å². The van der Waals surface area contributed by atoms with Crippen molar-refractivity contribution in [3.05, 3.63) is 35.9 Å². The molecule has 0 saturated carbocycles. The quantitative estimate of drug-likeness (QED) is 0.512. The van der Waals surface area contributed by atoms with Gasteiger partial charge < -0.3 is 5.11 Å². The van der Waals surface area contributed by atoms with Gasteiger partial charge in [-0.1, -0.05) is 95.0 Å². The van der Waals surface area contributed by atoms with Crippen LogP contribution in [0.1, 0.15) is 82.8 Å². The average Bonchev–Trinajstić information content (AvgIpc) is 2.46. The Kier molecular flexibility index (Phi) is 9.44. The molecule has 1 heteroatoms. The lowest BCUT2D eigenvalue weighted by Crippen LogP contribution is -1.96. The van der Waals surface area contributed by atoms with Gasteiger partial charge in [-0.25, -0.2) is 0 Å². The summed E-state index contributed by atoms with van der Waals surface area (Å²) in [6.07, 6.45) is 12.7. The number of aliphatic hydroxyl groups excluding tert-OH is 1. The fourth-order valence-corrected chi connectivity index (χ4v) is 2.49. The Labute approximate surface area is 119 Å². The van der Waals surface area contributed by atoms with Crippen LogP contribution in [0.15, 0.2) is 30.3 Å². The van der Waals surface area contributed by atoms with Crippen molar-refractivity contribution in [2.45, 2.75) is 77.2 Å². The molecule has 19 heavy (non-hydrogen) atoms. The maximum absolute atomic E-state index is 10.0. The lowest BCUT2D eigenvalue weighted by atomic mass is 10.0. The second kappa shape index (κ2) is 11.0. The summed E-state index contributed by atoms with van der Waals surface area (Å²) < 4.78 is 0. The second-order valence-electron chi connectivity index (χ2n) is 5.54. The second-order valence-corrected chi connectivity index (χ2v) is 5.54. The fourth-order valence-electron chi connectivity index (χ4n) is 2.49. The van der Waals surface area contributed by atoms with Gasteiger partial charge in [-0.15, -0.1) is 0 Å². The molecule has 1 nitrogen and oxygen atoms in total. The van der Waals surface area contributed by atoms with Crippen LogP contribution in [0.25, 0.3) is 0 Å². The normalized spacial score (nSPS) is 12.5.